The lowest BCUT2D eigenvalue weighted by Crippen LogP contribution is -2.50. The summed E-state index contributed by atoms with van der Waals surface area (Å²) in [4.78, 5) is 22.9. The number of fused-ring (bicyclic) bond motifs is 2. The minimum atomic E-state index is -0.260. The quantitative estimate of drug-likeness (QED) is 0.819. The predicted octanol–water partition coefficient (Wildman–Crippen LogP) is 2.13. The highest BCUT2D eigenvalue weighted by atomic mass is 19.1. The highest BCUT2D eigenvalue weighted by molar-refractivity contribution is 5.96. The molecule has 1 aromatic carbocycles. The van der Waals surface area contributed by atoms with Crippen LogP contribution in [0, 0.1) is 5.82 Å². The summed E-state index contributed by atoms with van der Waals surface area (Å²) in [6, 6.07) is 7.67. The van der Waals surface area contributed by atoms with Crippen LogP contribution >= 0.6 is 0 Å². The van der Waals surface area contributed by atoms with Crippen molar-refractivity contribution in [2.45, 2.75) is 50.4 Å². The number of halogens is 1. The maximum Gasteiger partial charge on any atom is 0.258 e. The average Bonchev–Trinajstić information content (AvgIpc) is 2.91. The molecule has 148 valence electrons. The highest BCUT2D eigenvalue weighted by Gasteiger charge is 2.41. The molecule has 0 spiro atoms. The Balaban J connectivity index is 1.42. The van der Waals surface area contributed by atoms with Crippen LogP contribution in [0.15, 0.2) is 30.5 Å². The molecule has 2 aromatic rings. The number of hydrogen-bond donors (Lipinski definition) is 2. The molecule has 3 heterocycles. The molecule has 4 rings (SSSR count). The number of ether oxygens (including phenoxy) is 1. The van der Waals surface area contributed by atoms with Crippen molar-refractivity contribution >= 4 is 11.9 Å². The van der Waals surface area contributed by atoms with E-state index in [9.17, 15) is 9.18 Å². The summed E-state index contributed by atoms with van der Waals surface area (Å²) in [6.07, 6.45) is 5.21. The number of piperidine rings is 1. The van der Waals surface area contributed by atoms with E-state index >= 15 is 0 Å². The maximum absolute atomic E-state index is 14.0. The first-order chi connectivity index (χ1) is 13.5. The zero-order valence-electron chi connectivity index (χ0n) is 15.8. The molecular weight excluding hydrogens is 361 g/mol. The average molecular weight is 385 g/mol. The monoisotopic (exact) mass is 385 g/mol. The van der Waals surface area contributed by atoms with Gasteiger partial charge in [0.2, 0.25) is 11.8 Å². The molecule has 2 aliphatic heterocycles. The van der Waals surface area contributed by atoms with Crippen LogP contribution < -0.4 is 15.8 Å². The lowest BCUT2D eigenvalue weighted by Gasteiger charge is -2.39. The Labute approximate surface area is 163 Å². The molecule has 0 radical (unpaired) electrons. The molecule has 2 saturated heterocycles. The summed E-state index contributed by atoms with van der Waals surface area (Å²) in [7, 11) is 1.44. The van der Waals surface area contributed by atoms with Crippen LogP contribution in [-0.4, -0.2) is 46.0 Å². The smallest absolute Gasteiger partial charge is 0.258 e. The molecule has 7 nitrogen and oxygen atoms in total. The molecule has 2 unspecified atom stereocenters. The van der Waals surface area contributed by atoms with Gasteiger partial charge in [0.05, 0.1) is 7.11 Å². The van der Waals surface area contributed by atoms with Crippen molar-refractivity contribution in [3.63, 3.8) is 0 Å². The number of nitrogens with two attached hydrogens (primary N) is 1. The van der Waals surface area contributed by atoms with Crippen LogP contribution in [0.2, 0.25) is 0 Å². The minimum absolute atomic E-state index is 0.0594. The van der Waals surface area contributed by atoms with Crippen LogP contribution in [0.1, 0.15) is 41.6 Å². The molecule has 0 aliphatic carbocycles. The number of anilines is 1. The Morgan fingerprint density at radius 1 is 1.32 bits per heavy atom. The summed E-state index contributed by atoms with van der Waals surface area (Å²) in [5, 5.41) is 3.09. The van der Waals surface area contributed by atoms with E-state index in [4.69, 9.17) is 10.5 Å². The lowest BCUT2D eigenvalue weighted by molar-refractivity contribution is 0.0822. The van der Waals surface area contributed by atoms with Crippen molar-refractivity contribution in [2.75, 3.05) is 12.8 Å². The van der Waals surface area contributed by atoms with Crippen LogP contribution in [0.4, 0.5) is 10.3 Å². The van der Waals surface area contributed by atoms with Gasteiger partial charge in [0.15, 0.2) is 0 Å². The molecule has 2 fully saturated rings. The molecule has 2 bridgehead atoms. The van der Waals surface area contributed by atoms with Gasteiger partial charge < -0.3 is 15.8 Å². The SMILES string of the molecule is COc1nc(N)ncc1C(=O)NC1CC2CCC(C1)N2Cc1ccccc1F. The van der Waals surface area contributed by atoms with Gasteiger partial charge in [-0.1, -0.05) is 18.2 Å². The Morgan fingerprint density at radius 3 is 2.71 bits per heavy atom. The van der Waals surface area contributed by atoms with Crippen molar-refractivity contribution in [3.8, 4) is 5.88 Å². The molecular formula is C20H24FN5O2. The first-order valence-electron chi connectivity index (χ1n) is 9.51. The fraction of sp³-hybridized carbons (Fsp3) is 0.450. The lowest BCUT2D eigenvalue weighted by atomic mass is 9.96. The van der Waals surface area contributed by atoms with Gasteiger partial charge in [-0.2, -0.15) is 4.98 Å². The number of rotatable bonds is 5. The second-order valence-electron chi connectivity index (χ2n) is 7.44. The van der Waals surface area contributed by atoms with Crippen molar-refractivity contribution in [1.82, 2.24) is 20.2 Å². The first-order valence-corrected chi connectivity index (χ1v) is 9.51. The van der Waals surface area contributed by atoms with Gasteiger partial charge in [-0.3, -0.25) is 9.69 Å². The van der Waals surface area contributed by atoms with Gasteiger partial charge in [0.25, 0.3) is 5.91 Å². The van der Waals surface area contributed by atoms with Gasteiger partial charge in [0, 0.05) is 36.4 Å². The number of aromatic nitrogens is 2. The Morgan fingerprint density at radius 2 is 2.04 bits per heavy atom. The first kappa shape index (κ1) is 18.6. The van der Waals surface area contributed by atoms with Gasteiger partial charge in [-0.25, -0.2) is 9.37 Å². The van der Waals surface area contributed by atoms with Crippen molar-refractivity contribution in [3.05, 3.63) is 47.4 Å². The topological polar surface area (TPSA) is 93.4 Å². The van der Waals surface area contributed by atoms with E-state index in [2.05, 4.69) is 20.2 Å². The number of methoxy groups -OCH3 is 1. The molecule has 1 aromatic heterocycles. The van der Waals surface area contributed by atoms with E-state index in [-0.39, 0.29) is 35.2 Å². The second-order valence-corrected chi connectivity index (χ2v) is 7.44. The highest BCUT2D eigenvalue weighted by Crippen LogP contribution is 2.37. The largest absolute Gasteiger partial charge is 0.480 e. The number of nitrogen functional groups attached to an aromatic ring is 1. The number of carbonyl (C=O) groups excluding carboxylic acids is 1. The zero-order valence-corrected chi connectivity index (χ0v) is 15.8. The molecule has 2 aliphatic rings. The Kier molecular flexibility index (Phi) is 5.13. The molecule has 8 heteroatoms. The third-order valence-corrected chi connectivity index (χ3v) is 5.74. The molecule has 0 saturated carbocycles. The summed E-state index contributed by atoms with van der Waals surface area (Å²) in [6.45, 7) is 0.613. The second kappa shape index (κ2) is 7.71. The summed E-state index contributed by atoms with van der Waals surface area (Å²) < 4.78 is 19.2. The number of carbonyl (C=O) groups is 1. The molecule has 1 amide bonds. The van der Waals surface area contributed by atoms with E-state index in [1.165, 1.54) is 19.4 Å². The van der Waals surface area contributed by atoms with E-state index in [1.807, 2.05) is 12.1 Å². The van der Waals surface area contributed by atoms with Crippen molar-refractivity contribution in [1.29, 1.82) is 0 Å². The summed E-state index contributed by atoms with van der Waals surface area (Å²) >= 11 is 0. The number of benzene rings is 1. The third-order valence-electron chi connectivity index (χ3n) is 5.74. The van der Waals surface area contributed by atoms with Crippen LogP contribution in [-0.2, 0) is 6.54 Å². The fourth-order valence-corrected chi connectivity index (χ4v) is 4.43. The van der Waals surface area contributed by atoms with Crippen molar-refractivity contribution in [2.24, 2.45) is 0 Å². The Hall–Kier alpha value is -2.74. The van der Waals surface area contributed by atoms with Crippen LogP contribution in [0.25, 0.3) is 0 Å². The van der Waals surface area contributed by atoms with E-state index in [0.29, 0.717) is 18.6 Å². The van der Waals surface area contributed by atoms with Crippen molar-refractivity contribution < 1.29 is 13.9 Å². The standard InChI is InChI=1S/C20H24FN5O2/c1-28-19-16(10-23-20(22)25-19)18(27)24-13-8-14-6-7-15(9-13)26(14)11-12-4-2-3-5-17(12)21/h2-5,10,13-15H,6-9,11H2,1H3,(H,24,27)(H2,22,23,25). The van der Waals surface area contributed by atoms with E-state index < -0.39 is 0 Å². The van der Waals surface area contributed by atoms with Crippen LogP contribution in [0.5, 0.6) is 5.88 Å². The normalized spacial score (nSPS) is 24.1. The van der Waals surface area contributed by atoms with Gasteiger partial charge in [-0.05, 0) is 31.7 Å². The molecule has 2 atom stereocenters. The number of nitrogens with one attached hydrogen (secondary N) is 1. The molecule has 28 heavy (non-hydrogen) atoms. The zero-order chi connectivity index (χ0) is 19.7. The number of hydrogen-bond acceptors (Lipinski definition) is 6. The summed E-state index contributed by atoms with van der Waals surface area (Å²) in [5.41, 5.74) is 6.56. The molecule has 3 N–H and O–H groups in total. The fourth-order valence-electron chi connectivity index (χ4n) is 4.43. The van der Waals surface area contributed by atoms with Crippen LogP contribution in [0.3, 0.4) is 0 Å². The predicted molar refractivity (Wildman–Crippen MR) is 102 cm³/mol. The van der Waals surface area contributed by atoms with Gasteiger partial charge in [-0.15, -0.1) is 0 Å². The van der Waals surface area contributed by atoms with Gasteiger partial charge in [0.1, 0.15) is 11.4 Å². The number of nitrogens with zero attached hydrogens (tertiary/aromatic N) is 3. The van der Waals surface area contributed by atoms with E-state index in [0.717, 1.165) is 31.2 Å². The summed E-state index contributed by atoms with van der Waals surface area (Å²) in [5.74, 6) is -0.186. The Bertz CT molecular complexity index is 863. The number of amides is 1. The maximum atomic E-state index is 14.0. The van der Waals surface area contributed by atoms with Gasteiger partial charge >= 0.3 is 0 Å². The van der Waals surface area contributed by atoms with E-state index in [1.54, 1.807) is 6.07 Å². The minimum Gasteiger partial charge on any atom is -0.480 e. The third kappa shape index (κ3) is 3.64.